The standard InChI is InChI=1S/C12H21N3/c1-4-12(3,8-9-13)15-11-7-5-6-10(2)14-11/h5-7H,4,8-9,13H2,1-3H3,(H,14,15). The molecule has 0 aliphatic heterocycles. The van der Waals surface area contributed by atoms with Gasteiger partial charge in [-0.3, -0.25) is 0 Å². The van der Waals surface area contributed by atoms with E-state index in [-0.39, 0.29) is 5.54 Å². The van der Waals surface area contributed by atoms with E-state index in [0.717, 1.165) is 24.4 Å². The number of aromatic nitrogens is 1. The van der Waals surface area contributed by atoms with Crippen molar-refractivity contribution >= 4 is 5.82 Å². The highest BCUT2D eigenvalue weighted by molar-refractivity contribution is 5.38. The molecule has 0 radical (unpaired) electrons. The molecule has 3 nitrogen and oxygen atoms in total. The highest BCUT2D eigenvalue weighted by Gasteiger charge is 2.20. The lowest BCUT2D eigenvalue weighted by atomic mass is 9.94. The van der Waals surface area contributed by atoms with Crippen molar-refractivity contribution in [3.05, 3.63) is 23.9 Å². The van der Waals surface area contributed by atoms with Gasteiger partial charge in [-0.25, -0.2) is 4.98 Å². The van der Waals surface area contributed by atoms with Gasteiger partial charge in [0.05, 0.1) is 0 Å². The average Bonchev–Trinajstić information content (AvgIpc) is 2.18. The topological polar surface area (TPSA) is 50.9 Å². The van der Waals surface area contributed by atoms with Gasteiger partial charge in [0.2, 0.25) is 0 Å². The molecule has 1 aromatic rings. The summed E-state index contributed by atoms with van der Waals surface area (Å²) in [5.41, 5.74) is 6.70. The fraction of sp³-hybridized carbons (Fsp3) is 0.583. The Hall–Kier alpha value is -1.09. The van der Waals surface area contributed by atoms with E-state index >= 15 is 0 Å². The maximum Gasteiger partial charge on any atom is 0.126 e. The molecular weight excluding hydrogens is 186 g/mol. The molecular formula is C12H21N3. The van der Waals surface area contributed by atoms with Crippen molar-refractivity contribution < 1.29 is 0 Å². The first-order valence-electron chi connectivity index (χ1n) is 5.51. The Morgan fingerprint density at radius 2 is 2.20 bits per heavy atom. The molecule has 0 aliphatic rings. The summed E-state index contributed by atoms with van der Waals surface area (Å²) < 4.78 is 0. The first-order chi connectivity index (χ1) is 7.09. The summed E-state index contributed by atoms with van der Waals surface area (Å²) in [7, 11) is 0. The molecule has 0 bridgehead atoms. The van der Waals surface area contributed by atoms with Gasteiger partial charge in [-0.15, -0.1) is 0 Å². The molecule has 84 valence electrons. The maximum absolute atomic E-state index is 5.61. The first-order valence-corrected chi connectivity index (χ1v) is 5.51. The highest BCUT2D eigenvalue weighted by atomic mass is 15.0. The summed E-state index contributed by atoms with van der Waals surface area (Å²) in [6, 6.07) is 6.01. The Labute approximate surface area is 92.1 Å². The highest BCUT2D eigenvalue weighted by Crippen LogP contribution is 2.19. The third kappa shape index (κ3) is 3.51. The van der Waals surface area contributed by atoms with Crippen molar-refractivity contribution in [1.29, 1.82) is 0 Å². The summed E-state index contributed by atoms with van der Waals surface area (Å²) in [6.45, 7) is 7.04. The van der Waals surface area contributed by atoms with Crippen LogP contribution in [0.25, 0.3) is 0 Å². The Bertz CT molecular complexity index is 311. The second kappa shape index (κ2) is 5.12. The van der Waals surface area contributed by atoms with Crippen LogP contribution in [0.3, 0.4) is 0 Å². The molecule has 3 heteroatoms. The van der Waals surface area contributed by atoms with Crippen LogP contribution in [0, 0.1) is 6.92 Å². The predicted octanol–water partition coefficient (Wildman–Crippen LogP) is 2.32. The average molecular weight is 207 g/mol. The zero-order valence-electron chi connectivity index (χ0n) is 9.88. The molecule has 1 unspecified atom stereocenters. The van der Waals surface area contributed by atoms with Crippen LogP contribution in [-0.4, -0.2) is 17.1 Å². The van der Waals surface area contributed by atoms with E-state index in [1.165, 1.54) is 0 Å². The van der Waals surface area contributed by atoms with Crippen LogP contribution < -0.4 is 11.1 Å². The lowest BCUT2D eigenvalue weighted by Crippen LogP contribution is -2.36. The van der Waals surface area contributed by atoms with E-state index in [1.54, 1.807) is 0 Å². The third-order valence-corrected chi connectivity index (χ3v) is 2.79. The Morgan fingerprint density at radius 3 is 2.73 bits per heavy atom. The van der Waals surface area contributed by atoms with Gasteiger partial charge in [-0.1, -0.05) is 13.0 Å². The van der Waals surface area contributed by atoms with Gasteiger partial charge < -0.3 is 11.1 Å². The van der Waals surface area contributed by atoms with E-state index in [1.807, 2.05) is 25.1 Å². The van der Waals surface area contributed by atoms with Crippen molar-refractivity contribution in [2.75, 3.05) is 11.9 Å². The van der Waals surface area contributed by atoms with E-state index in [0.29, 0.717) is 6.54 Å². The molecule has 0 amide bonds. The van der Waals surface area contributed by atoms with E-state index in [9.17, 15) is 0 Å². The second-order valence-corrected chi connectivity index (χ2v) is 4.24. The minimum absolute atomic E-state index is 0.0511. The second-order valence-electron chi connectivity index (χ2n) is 4.24. The summed E-state index contributed by atoms with van der Waals surface area (Å²) in [6.07, 6.45) is 2.00. The summed E-state index contributed by atoms with van der Waals surface area (Å²) in [5, 5.41) is 3.46. The molecule has 0 aliphatic carbocycles. The fourth-order valence-electron chi connectivity index (χ4n) is 1.57. The molecule has 0 saturated carbocycles. The fourth-order valence-corrected chi connectivity index (χ4v) is 1.57. The zero-order valence-corrected chi connectivity index (χ0v) is 9.88. The van der Waals surface area contributed by atoms with Crippen LogP contribution in [0.15, 0.2) is 18.2 Å². The van der Waals surface area contributed by atoms with Crippen LogP contribution >= 0.6 is 0 Å². The van der Waals surface area contributed by atoms with Crippen LogP contribution in [0.4, 0.5) is 5.82 Å². The molecule has 15 heavy (non-hydrogen) atoms. The summed E-state index contributed by atoms with van der Waals surface area (Å²) in [4.78, 5) is 4.44. The first kappa shape index (κ1) is 12.0. The molecule has 0 aromatic carbocycles. The number of pyridine rings is 1. The van der Waals surface area contributed by atoms with Crippen LogP contribution in [0.5, 0.6) is 0 Å². The van der Waals surface area contributed by atoms with Gasteiger partial charge in [0.1, 0.15) is 5.82 Å². The Kier molecular flexibility index (Phi) is 4.09. The van der Waals surface area contributed by atoms with Crippen LogP contribution in [-0.2, 0) is 0 Å². The van der Waals surface area contributed by atoms with E-state index in [2.05, 4.69) is 24.1 Å². The molecule has 1 heterocycles. The SMILES string of the molecule is CCC(C)(CCN)Nc1cccc(C)n1. The molecule has 1 atom stereocenters. The number of nitrogens with one attached hydrogen (secondary N) is 1. The largest absolute Gasteiger partial charge is 0.365 e. The van der Waals surface area contributed by atoms with E-state index < -0.39 is 0 Å². The van der Waals surface area contributed by atoms with Gasteiger partial charge in [-0.05, 0) is 45.4 Å². The Balaban J connectivity index is 2.74. The molecule has 0 fully saturated rings. The number of nitrogens with two attached hydrogens (primary N) is 1. The van der Waals surface area contributed by atoms with Crippen molar-refractivity contribution in [1.82, 2.24) is 4.98 Å². The van der Waals surface area contributed by atoms with Gasteiger partial charge in [0, 0.05) is 11.2 Å². The zero-order chi connectivity index (χ0) is 11.3. The Morgan fingerprint density at radius 1 is 1.47 bits per heavy atom. The number of rotatable bonds is 5. The van der Waals surface area contributed by atoms with Crippen LogP contribution in [0.1, 0.15) is 32.4 Å². The molecule has 1 aromatic heterocycles. The van der Waals surface area contributed by atoms with Gasteiger partial charge in [0.15, 0.2) is 0 Å². The van der Waals surface area contributed by atoms with Gasteiger partial charge in [0.25, 0.3) is 0 Å². The summed E-state index contributed by atoms with van der Waals surface area (Å²) in [5.74, 6) is 0.938. The molecule has 0 saturated heterocycles. The lowest BCUT2D eigenvalue weighted by molar-refractivity contribution is 0.462. The van der Waals surface area contributed by atoms with E-state index in [4.69, 9.17) is 5.73 Å². The number of nitrogens with zero attached hydrogens (tertiary/aromatic N) is 1. The number of hydrogen-bond donors (Lipinski definition) is 2. The van der Waals surface area contributed by atoms with Crippen molar-refractivity contribution in [2.45, 2.75) is 39.2 Å². The minimum Gasteiger partial charge on any atom is -0.365 e. The smallest absolute Gasteiger partial charge is 0.126 e. The minimum atomic E-state index is 0.0511. The van der Waals surface area contributed by atoms with Crippen molar-refractivity contribution in [3.63, 3.8) is 0 Å². The molecule has 1 rings (SSSR count). The van der Waals surface area contributed by atoms with Crippen molar-refractivity contribution in [3.8, 4) is 0 Å². The summed E-state index contributed by atoms with van der Waals surface area (Å²) >= 11 is 0. The number of anilines is 1. The maximum atomic E-state index is 5.61. The third-order valence-electron chi connectivity index (χ3n) is 2.79. The number of aryl methyl sites for hydroxylation is 1. The van der Waals surface area contributed by atoms with Crippen molar-refractivity contribution in [2.24, 2.45) is 5.73 Å². The molecule has 3 N–H and O–H groups in total. The van der Waals surface area contributed by atoms with Crippen LogP contribution in [0.2, 0.25) is 0 Å². The normalized spacial score (nSPS) is 14.7. The predicted molar refractivity (Wildman–Crippen MR) is 65.0 cm³/mol. The van der Waals surface area contributed by atoms with Gasteiger partial charge >= 0.3 is 0 Å². The monoisotopic (exact) mass is 207 g/mol. The lowest BCUT2D eigenvalue weighted by Gasteiger charge is -2.29. The quantitative estimate of drug-likeness (QED) is 0.779. The number of hydrogen-bond acceptors (Lipinski definition) is 3. The van der Waals surface area contributed by atoms with Gasteiger partial charge in [-0.2, -0.15) is 0 Å². The molecule has 0 spiro atoms.